The SMILES string of the molecule is CC[C@H]1OC(=O)[C@H]2[C@@H](OC23CC(C)(OC)C(O)C(C)O3)[C@H](C)[C@@H](OC2CC(NC)CC(C)O2)[C@@](C)(O)C[C@@H](C)[C@H](O)[C@H](C)[C@@H](O)[C@]1(C)O. The van der Waals surface area contributed by atoms with E-state index in [-0.39, 0.29) is 31.4 Å². The van der Waals surface area contributed by atoms with Gasteiger partial charge in [0.25, 0.3) is 0 Å². The van der Waals surface area contributed by atoms with E-state index >= 15 is 0 Å². The van der Waals surface area contributed by atoms with Crippen molar-refractivity contribution in [3.63, 3.8) is 0 Å². The van der Waals surface area contributed by atoms with Crippen molar-refractivity contribution in [1.29, 1.82) is 0 Å². The molecule has 0 aliphatic carbocycles. The van der Waals surface area contributed by atoms with Crippen molar-refractivity contribution in [3.05, 3.63) is 0 Å². The van der Waals surface area contributed by atoms with Gasteiger partial charge in [0.15, 0.2) is 12.1 Å². The lowest BCUT2D eigenvalue weighted by molar-refractivity contribution is -0.440. The largest absolute Gasteiger partial charge is 0.459 e. The Balaban J connectivity index is 1.82. The molecular formula is C35H63NO12. The van der Waals surface area contributed by atoms with Gasteiger partial charge in [0.2, 0.25) is 0 Å². The van der Waals surface area contributed by atoms with Gasteiger partial charge in [0.1, 0.15) is 23.7 Å². The van der Waals surface area contributed by atoms with Crippen LogP contribution in [0.15, 0.2) is 0 Å². The van der Waals surface area contributed by atoms with Crippen LogP contribution in [-0.4, -0.2) is 129 Å². The van der Waals surface area contributed by atoms with Gasteiger partial charge in [-0.05, 0) is 66.8 Å². The molecule has 6 N–H and O–H groups in total. The fraction of sp³-hybridized carbons (Fsp3) is 0.971. The van der Waals surface area contributed by atoms with Crippen LogP contribution in [0.4, 0.5) is 0 Å². The Labute approximate surface area is 285 Å². The maximum Gasteiger partial charge on any atom is 0.317 e. The predicted octanol–water partition coefficient (Wildman–Crippen LogP) is 1.63. The Kier molecular flexibility index (Phi) is 12.1. The van der Waals surface area contributed by atoms with Crippen LogP contribution in [0.25, 0.3) is 0 Å². The molecule has 4 rings (SSSR count). The van der Waals surface area contributed by atoms with Crippen molar-refractivity contribution >= 4 is 5.97 Å². The number of hydrogen-bond donors (Lipinski definition) is 6. The number of aliphatic hydroxyl groups excluding tert-OH is 3. The van der Waals surface area contributed by atoms with Gasteiger partial charge >= 0.3 is 5.97 Å². The summed E-state index contributed by atoms with van der Waals surface area (Å²) in [5, 5.41) is 61.1. The van der Waals surface area contributed by atoms with E-state index in [0.29, 0.717) is 6.42 Å². The number of methoxy groups -OCH3 is 1. The summed E-state index contributed by atoms with van der Waals surface area (Å²) in [6.45, 7) is 15.4. The Hall–Kier alpha value is -0.970. The zero-order valence-corrected chi connectivity index (χ0v) is 30.7. The molecular weight excluding hydrogens is 626 g/mol. The first-order valence-corrected chi connectivity index (χ1v) is 17.8. The zero-order chi connectivity index (χ0) is 36.1. The second-order valence-electron chi connectivity index (χ2n) is 16.0. The first-order chi connectivity index (χ1) is 22.2. The predicted molar refractivity (Wildman–Crippen MR) is 175 cm³/mol. The van der Waals surface area contributed by atoms with Crippen LogP contribution in [0.2, 0.25) is 0 Å². The normalized spacial score (nSPS) is 54.1. The van der Waals surface area contributed by atoms with E-state index in [1.165, 1.54) is 14.0 Å². The third-order valence-corrected chi connectivity index (χ3v) is 11.9. The Morgan fingerprint density at radius 3 is 2.19 bits per heavy atom. The average molecular weight is 690 g/mol. The summed E-state index contributed by atoms with van der Waals surface area (Å²) in [6, 6.07) is 0.126. The van der Waals surface area contributed by atoms with Crippen LogP contribution < -0.4 is 5.32 Å². The molecule has 0 aromatic heterocycles. The van der Waals surface area contributed by atoms with Crippen molar-refractivity contribution in [1.82, 2.24) is 5.32 Å². The maximum atomic E-state index is 14.4. The molecule has 280 valence electrons. The zero-order valence-electron chi connectivity index (χ0n) is 30.7. The molecule has 13 heteroatoms. The van der Waals surface area contributed by atoms with Gasteiger partial charge in [-0.2, -0.15) is 0 Å². The average Bonchev–Trinajstić information content (AvgIpc) is 3.01. The molecule has 18 atom stereocenters. The van der Waals surface area contributed by atoms with E-state index in [2.05, 4.69) is 5.32 Å². The summed E-state index contributed by atoms with van der Waals surface area (Å²) in [4.78, 5) is 14.4. The molecule has 0 aromatic rings. The van der Waals surface area contributed by atoms with Crippen molar-refractivity contribution < 1.29 is 58.7 Å². The highest BCUT2D eigenvalue weighted by molar-refractivity contribution is 5.76. The topological polar surface area (TPSA) is 186 Å². The summed E-state index contributed by atoms with van der Waals surface area (Å²) in [5.41, 5.74) is -4.65. The molecule has 4 heterocycles. The van der Waals surface area contributed by atoms with Gasteiger partial charge < -0.3 is 59.3 Å². The second kappa shape index (κ2) is 14.6. The van der Waals surface area contributed by atoms with E-state index in [4.69, 9.17) is 28.4 Å². The number of rotatable bonds is 5. The van der Waals surface area contributed by atoms with Crippen molar-refractivity contribution in [3.8, 4) is 0 Å². The second-order valence-corrected chi connectivity index (χ2v) is 16.0. The Bertz CT molecular complexity index is 1110. The van der Waals surface area contributed by atoms with Gasteiger partial charge in [-0.25, -0.2) is 0 Å². The van der Waals surface area contributed by atoms with Crippen LogP contribution in [0.3, 0.4) is 0 Å². The van der Waals surface area contributed by atoms with E-state index in [1.807, 2.05) is 20.9 Å². The number of hydrogen-bond acceptors (Lipinski definition) is 13. The van der Waals surface area contributed by atoms with Crippen LogP contribution in [-0.2, 0) is 33.2 Å². The quantitative estimate of drug-likeness (QED) is 0.229. The maximum absolute atomic E-state index is 14.4. The highest BCUT2D eigenvalue weighted by Gasteiger charge is 2.70. The van der Waals surface area contributed by atoms with Crippen LogP contribution in [0.1, 0.15) is 94.4 Å². The molecule has 0 radical (unpaired) electrons. The summed E-state index contributed by atoms with van der Waals surface area (Å²) >= 11 is 0. The van der Waals surface area contributed by atoms with Crippen LogP contribution in [0, 0.1) is 23.7 Å². The van der Waals surface area contributed by atoms with E-state index in [9.17, 15) is 30.3 Å². The molecule has 0 amide bonds. The van der Waals surface area contributed by atoms with Gasteiger partial charge in [-0.1, -0.05) is 27.7 Å². The number of carbonyl (C=O) groups is 1. The van der Waals surface area contributed by atoms with Gasteiger partial charge in [-0.15, -0.1) is 0 Å². The molecule has 48 heavy (non-hydrogen) atoms. The minimum Gasteiger partial charge on any atom is -0.459 e. The highest BCUT2D eigenvalue weighted by Crippen LogP contribution is 2.55. The number of cyclic esters (lactones) is 1. The van der Waals surface area contributed by atoms with E-state index < -0.39 is 101 Å². The molecule has 0 bridgehead atoms. The molecule has 1 spiro atoms. The van der Waals surface area contributed by atoms with E-state index in [1.54, 1.807) is 41.5 Å². The molecule has 7 unspecified atom stereocenters. The molecule has 0 aromatic carbocycles. The summed E-state index contributed by atoms with van der Waals surface area (Å²) in [6.07, 6.45) is -6.63. The number of fused-ring (bicyclic) bond motifs is 2. The molecule has 4 fully saturated rings. The van der Waals surface area contributed by atoms with Gasteiger partial charge in [0, 0.05) is 37.8 Å². The summed E-state index contributed by atoms with van der Waals surface area (Å²) < 4.78 is 37.6. The number of ether oxygens (including phenoxy) is 6. The minimum absolute atomic E-state index is 0.00389. The number of aliphatic hydroxyl groups is 5. The summed E-state index contributed by atoms with van der Waals surface area (Å²) in [7, 11) is 3.36. The lowest BCUT2D eigenvalue weighted by Crippen LogP contribution is -2.75. The third-order valence-electron chi connectivity index (χ3n) is 11.9. The first-order valence-electron chi connectivity index (χ1n) is 17.8. The lowest BCUT2D eigenvalue weighted by atomic mass is 9.68. The van der Waals surface area contributed by atoms with E-state index in [0.717, 1.165) is 6.42 Å². The minimum atomic E-state index is -1.93. The number of carbonyl (C=O) groups excluding carboxylic acids is 1. The Morgan fingerprint density at radius 1 is 0.958 bits per heavy atom. The molecule has 4 aliphatic heterocycles. The fourth-order valence-electron chi connectivity index (χ4n) is 8.97. The number of esters is 1. The molecule has 4 aliphatic rings. The molecule has 0 saturated carbocycles. The fourth-order valence-corrected chi connectivity index (χ4v) is 8.97. The van der Waals surface area contributed by atoms with Crippen LogP contribution >= 0.6 is 0 Å². The number of nitrogens with one attached hydrogen (secondary N) is 1. The molecule has 13 nitrogen and oxygen atoms in total. The van der Waals surface area contributed by atoms with Gasteiger partial charge in [0.05, 0.1) is 47.8 Å². The van der Waals surface area contributed by atoms with Crippen molar-refractivity contribution in [2.24, 2.45) is 23.7 Å². The first kappa shape index (κ1) is 39.8. The monoisotopic (exact) mass is 689 g/mol. The smallest absolute Gasteiger partial charge is 0.317 e. The van der Waals surface area contributed by atoms with Crippen LogP contribution in [0.5, 0.6) is 0 Å². The van der Waals surface area contributed by atoms with Crippen molar-refractivity contribution in [2.45, 2.75) is 178 Å². The van der Waals surface area contributed by atoms with Crippen molar-refractivity contribution in [2.75, 3.05) is 14.2 Å². The third kappa shape index (κ3) is 7.34. The molecule has 4 saturated heterocycles. The summed E-state index contributed by atoms with van der Waals surface area (Å²) in [5.74, 6) is -5.41. The van der Waals surface area contributed by atoms with Gasteiger partial charge in [-0.3, -0.25) is 4.79 Å². The Morgan fingerprint density at radius 2 is 1.60 bits per heavy atom. The standard InChI is InChI=1S/C35H63NO12/c1-12-23-34(9,42)28(38)19(4)26(37)17(2)15-32(7,41)30(46-24-14-22(36-10)13-18(3)44-24)20(5)27-25(31(40)45-23)35(48-27)16-33(8,43-11)29(39)21(6)47-35/h17-30,36-39,41-42H,12-16H2,1-11H3/t17-,18?,19+,20+,21?,22?,23-,24?,25-,26+,27+,28-,29?,30-,32+,33?,34-,35?/m1/s1. The lowest BCUT2D eigenvalue weighted by Gasteiger charge is -2.62. The highest BCUT2D eigenvalue weighted by atomic mass is 16.7.